The Morgan fingerprint density at radius 2 is 1.48 bits per heavy atom. The third kappa shape index (κ3) is 9.52. The number of urea groups is 1. The maximum absolute atomic E-state index is 13.2. The average Bonchev–Trinajstić information content (AvgIpc) is 3.49. The van der Waals surface area contributed by atoms with Crippen molar-refractivity contribution >= 4 is 29.9 Å². The SMILES string of the molecule is CC(Cc1ccc(-n2ccc(NC(=O)N3CCN(C(=O)C(C)(C)NC(=O)OC(C)(C)C)CC3)nc2=O)cc1)C12CN(C)CC1C2CNC(=O)OC(C)(C)C. The van der Waals surface area contributed by atoms with Crippen molar-refractivity contribution in [2.75, 3.05) is 58.2 Å². The van der Waals surface area contributed by atoms with Crippen LogP contribution in [0.3, 0.4) is 0 Å². The van der Waals surface area contributed by atoms with Crippen LogP contribution in [-0.4, -0.2) is 118 Å². The van der Waals surface area contributed by atoms with E-state index in [-0.39, 0.29) is 49.4 Å². The summed E-state index contributed by atoms with van der Waals surface area (Å²) in [5.74, 6) is 1.16. The number of alkyl carbamates (subject to hydrolysis) is 2. The van der Waals surface area contributed by atoms with E-state index in [9.17, 15) is 24.0 Å². The molecule has 5 amide bonds. The number of fused-ring (bicyclic) bond motifs is 1. The molecule has 3 fully saturated rings. The number of piperazine rings is 1. The number of amides is 5. The fourth-order valence-corrected chi connectivity index (χ4v) is 8.07. The van der Waals surface area contributed by atoms with Gasteiger partial charge in [0.15, 0.2) is 0 Å². The zero-order valence-electron chi connectivity index (χ0n) is 33.4. The van der Waals surface area contributed by atoms with Gasteiger partial charge < -0.3 is 34.8 Å². The Hall–Kier alpha value is -4.66. The van der Waals surface area contributed by atoms with Crippen LogP contribution in [0, 0.1) is 23.2 Å². The number of rotatable bonds is 9. The van der Waals surface area contributed by atoms with Crippen LogP contribution in [0.4, 0.5) is 20.2 Å². The van der Waals surface area contributed by atoms with Crippen LogP contribution < -0.4 is 21.6 Å². The first-order valence-electron chi connectivity index (χ1n) is 18.8. The summed E-state index contributed by atoms with van der Waals surface area (Å²) in [6.07, 6.45) is 1.40. The van der Waals surface area contributed by atoms with E-state index in [1.165, 1.54) is 4.57 Å². The van der Waals surface area contributed by atoms with E-state index in [0.717, 1.165) is 25.1 Å². The summed E-state index contributed by atoms with van der Waals surface area (Å²) in [6.45, 7) is 20.1. The van der Waals surface area contributed by atoms with Crippen molar-refractivity contribution in [3.63, 3.8) is 0 Å². The number of carbonyl (C=O) groups is 4. The van der Waals surface area contributed by atoms with E-state index < -0.39 is 34.6 Å². The van der Waals surface area contributed by atoms with Gasteiger partial charge in [0, 0.05) is 52.0 Å². The van der Waals surface area contributed by atoms with Crippen molar-refractivity contribution < 1.29 is 28.7 Å². The van der Waals surface area contributed by atoms with Gasteiger partial charge in [0.2, 0.25) is 5.91 Å². The molecule has 0 radical (unpaired) electrons. The summed E-state index contributed by atoms with van der Waals surface area (Å²) >= 11 is 0. The number of nitrogens with zero attached hydrogens (tertiary/aromatic N) is 5. The molecule has 2 aromatic rings. The van der Waals surface area contributed by atoms with Crippen molar-refractivity contribution in [1.82, 2.24) is 34.9 Å². The molecule has 4 unspecified atom stereocenters. The Kier molecular flexibility index (Phi) is 11.4. The lowest BCUT2D eigenvalue weighted by Crippen LogP contribution is -2.60. The maximum Gasteiger partial charge on any atom is 0.408 e. The summed E-state index contributed by atoms with van der Waals surface area (Å²) in [7, 11) is 2.15. The number of aromatic nitrogens is 2. The van der Waals surface area contributed by atoms with Gasteiger partial charge in [-0.2, -0.15) is 4.98 Å². The predicted molar refractivity (Wildman–Crippen MR) is 204 cm³/mol. The molecule has 0 bridgehead atoms. The van der Waals surface area contributed by atoms with Crippen LogP contribution in [0.15, 0.2) is 41.3 Å². The van der Waals surface area contributed by atoms with Gasteiger partial charge in [0.25, 0.3) is 0 Å². The quantitative estimate of drug-likeness (QED) is 0.342. The zero-order valence-corrected chi connectivity index (χ0v) is 33.4. The number of carbonyl (C=O) groups excluding carboxylic acids is 4. The summed E-state index contributed by atoms with van der Waals surface area (Å²) in [5.41, 5.74) is -1.00. The fraction of sp³-hybridized carbons (Fsp3) is 0.641. The number of hydrogen-bond donors (Lipinski definition) is 3. The second-order valence-corrected chi connectivity index (χ2v) is 17.6. The number of likely N-dealkylation sites (tertiary alicyclic amines) is 1. The molecule has 1 aromatic carbocycles. The van der Waals surface area contributed by atoms with Crippen molar-refractivity contribution in [3.8, 4) is 5.69 Å². The molecule has 1 aliphatic carbocycles. The van der Waals surface area contributed by atoms with Gasteiger partial charge in [-0.15, -0.1) is 0 Å². The van der Waals surface area contributed by atoms with Crippen LogP contribution in [-0.2, 0) is 20.7 Å². The molecule has 1 saturated carbocycles. The van der Waals surface area contributed by atoms with Crippen LogP contribution in [0.25, 0.3) is 5.69 Å². The Labute approximate surface area is 318 Å². The number of nitrogens with one attached hydrogen (secondary N) is 3. The lowest BCUT2D eigenvalue weighted by atomic mass is 9.83. The van der Waals surface area contributed by atoms with E-state index in [0.29, 0.717) is 30.0 Å². The lowest BCUT2D eigenvalue weighted by molar-refractivity contribution is -0.138. The van der Waals surface area contributed by atoms with Gasteiger partial charge in [-0.05, 0) is 116 Å². The second kappa shape index (κ2) is 15.2. The highest BCUT2D eigenvalue weighted by Gasteiger charge is 2.69. The number of ether oxygens (including phenoxy) is 2. The Balaban J connectivity index is 1.12. The minimum Gasteiger partial charge on any atom is -0.444 e. The average molecular weight is 751 g/mol. The first-order chi connectivity index (χ1) is 25.1. The largest absolute Gasteiger partial charge is 0.444 e. The van der Waals surface area contributed by atoms with E-state index in [2.05, 4.69) is 39.8 Å². The summed E-state index contributed by atoms with van der Waals surface area (Å²) in [4.78, 5) is 73.5. The third-order valence-electron chi connectivity index (χ3n) is 10.6. The van der Waals surface area contributed by atoms with Crippen molar-refractivity contribution in [1.29, 1.82) is 0 Å². The molecule has 15 nitrogen and oxygen atoms in total. The summed E-state index contributed by atoms with van der Waals surface area (Å²) in [5, 5.41) is 8.34. The van der Waals surface area contributed by atoms with E-state index in [4.69, 9.17) is 9.47 Å². The molecular weight excluding hydrogens is 692 g/mol. The lowest BCUT2D eigenvalue weighted by Gasteiger charge is -2.38. The van der Waals surface area contributed by atoms with E-state index in [1.807, 2.05) is 45.0 Å². The van der Waals surface area contributed by atoms with E-state index in [1.54, 1.807) is 56.7 Å². The van der Waals surface area contributed by atoms with Crippen molar-refractivity contribution in [2.45, 2.75) is 85.5 Å². The summed E-state index contributed by atoms with van der Waals surface area (Å²) < 4.78 is 12.2. The van der Waals surface area contributed by atoms with Gasteiger partial charge in [-0.1, -0.05) is 19.1 Å². The minimum absolute atomic E-state index is 0.128. The standard InChI is InChI=1S/C39H58N8O7/c1-25(39-24-44(10)23-29(39)28(39)22-40-34(51)53-36(2,3)4)21-26-11-13-27(14-12-26)47-16-15-30(42-33(47)50)41-32(49)46-19-17-45(18-20-46)31(48)38(8,9)43-35(52)54-37(5,6)7/h11-16,25,28-29H,17-24H2,1-10H3,(H,40,51)(H,43,52)(H,41,42,49,50). The molecule has 3 aliphatic rings. The molecule has 5 rings (SSSR count). The number of hydrogen-bond acceptors (Lipinski definition) is 9. The highest BCUT2D eigenvalue weighted by atomic mass is 16.6. The molecule has 1 aromatic heterocycles. The van der Waals surface area contributed by atoms with Gasteiger partial charge in [-0.3, -0.25) is 14.7 Å². The van der Waals surface area contributed by atoms with Crippen molar-refractivity contribution in [3.05, 3.63) is 52.6 Å². The molecule has 3 N–H and O–H groups in total. The maximum atomic E-state index is 13.2. The molecule has 2 saturated heterocycles. The van der Waals surface area contributed by atoms with Gasteiger partial charge >= 0.3 is 23.9 Å². The molecule has 15 heteroatoms. The predicted octanol–water partition coefficient (Wildman–Crippen LogP) is 4.09. The van der Waals surface area contributed by atoms with E-state index >= 15 is 0 Å². The highest BCUT2D eigenvalue weighted by molar-refractivity contribution is 5.90. The number of anilines is 1. The van der Waals surface area contributed by atoms with Crippen LogP contribution >= 0.6 is 0 Å². The molecule has 0 spiro atoms. The Morgan fingerprint density at radius 3 is 2.07 bits per heavy atom. The molecule has 2 aliphatic heterocycles. The van der Waals surface area contributed by atoms with Crippen molar-refractivity contribution in [2.24, 2.45) is 23.2 Å². The fourth-order valence-electron chi connectivity index (χ4n) is 8.07. The second-order valence-electron chi connectivity index (χ2n) is 17.6. The Bertz CT molecular complexity index is 1770. The first-order valence-corrected chi connectivity index (χ1v) is 18.8. The van der Waals surface area contributed by atoms with Crippen LogP contribution in [0.2, 0.25) is 0 Å². The topological polar surface area (TPSA) is 167 Å². The number of piperidine rings is 1. The molecule has 4 atom stereocenters. The monoisotopic (exact) mass is 750 g/mol. The number of benzene rings is 1. The normalized spacial score (nSPS) is 22.2. The molecule has 54 heavy (non-hydrogen) atoms. The first kappa shape index (κ1) is 40.5. The molecular formula is C39H58N8O7. The third-order valence-corrected chi connectivity index (χ3v) is 10.6. The van der Waals surface area contributed by atoms with Crippen LogP contribution in [0.1, 0.15) is 67.9 Å². The molecule has 296 valence electrons. The minimum atomic E-state index is -1.20. The van der Waals surface area contributed by atoms with Gasteiger partial charge in [0.05, 0.1) is 5.69 Å². The van der Waals surface area contributed by atoms with Gasteiger partial charge in [0.1, 0.15) is 22.6 Å². The smallest absolute Gasteiger partial charge is 0.408 e. The zero-order chi connectivity index (χ0) is 39.8. The van der Waals surface area contributed by atoms with Gasteiger partial charge in [-0.25, -0.2) is 19.2 Å². The molecule has 3 heterocycles. The summed E-state index contributed by atoms with van der Waals surface area (Å²) in [6, 6.07) is 9.03. The Morgan fingerprint density at radius 1 is 0.889 bits per heavy atom. The van der Waals surface area contributed by atoms with Crippen LogP contribution in [0.5, 0.6) is 0 Å². The highest BCUT2D eigenvalue weighted by Crippen LogP contribution is 2.67.